The molecule has 2 N–H and O–H groups in total. The Morgan fingerprint density at radius 3 is 2.95 bits per heavy atom. The molecule has 0 amide bonds. The van der Waals surface area contributed by atoms with Crippen molar-refractivity contribution in [2.24, 2.45) is 5.73 Å². The monoisotopic (exact) mass is 273 g/mol. The second-order valence-electron chi connectivity index (χ2n) is 5.13. The van der Waals surface area contributed by atoms with Gasteiger partial charge in [-0.15, -0.1) is 0 Å². The first kappa shape index (κ1) is 14.6. The standard InChI is InChI=1S/C16H23N3O/c1-3-15(17)11-14-10-13(2)4-5-16(14)20-9-8-19-7-6-18-12-19/h4-7,10,12,15H,3,8-9,11,17H2,1-2H3. The topological polar surface area (TPSA) is 53.1 Å². The zero-order valence-electron chi connectivity index (χ0n) is 12.2. The van der Waals surface area contributed by atoms with Gasteiger partial charge < -0.3 is 15.0 Å². The molecule has 0 fully saturated rings. The van der Waals surface area contributed by atoms with Crippen LogP contribution in [-0.2, 0) is 13.0 Å². The zero-order chi connectivity index (χ0) is 14.4. The summed E-state index contributed by atoms with van der Waals surface area (Å²) >= 11 is 0. The first-order valence-corrected chi connectivity index (χ1v) is 7.12. The Hall–Kier alpha value is -1.81. The van der Waals surface area contributed by atoms with Crippen molar-refractivity contribution in [3.8, 4) is 5.75 Å². The van der Waals surface area contributed by atoms with E-state index < -0.39 is 0 Å². The molecule has 0 aliphatic carbocycles. The Labute approximate surface area is 120 Å². The molecule has 2 aromatic rings. The third kappa shape index (κ3) is 4.10. The molecule has 1 aromatic carbocycles. The molecule has 0 radical (unpaired) electrons. The average molecular weight is 273 g/mol. The van der Waals surface area contributed by atoms with Gasteiger partial charge in [-0.25, -0.2) is 4.98 Å². The van der Waals surface area contributed by atoms with Crippen molar-refractivity contribution < 1.29 is 4.74 Å². The molecule has 1 heterocycles. The van der Waals surface area contributed by atoms with Gasteiger partial charge in [0, 0.05) is 18.4 Å². The van der Waals surface area contributed by atoms with E-state index in [-0.39, 0.29) is 6.04 Å². The molecule has 1 atom stereocenters. The van der Waals surface area contributed by atoms with Crippen molar-refractivity contribution in [3.63, 3.8) is 0 Å². The molecule has 20 heavy (non-hydrogen) atoms. The highest BCUT2D eigenvalue weighted by atomic mass is 16.5. The Bertz CT molecular complexity index is 523. The maximum Gasteiger partial charge on any atom is 0.122 e. The van der Waals surface area contributed by atoms with E-state index >= 15 is 0 Å². The van der Waals surface area contributed by atoms with Gasteiger partial charge in [-0.2, -0.15) is 0 Å². The number of nitrogens with zero attached hydrogens (tertiary/aromatic N) is 2. The van der Waals surface area contributed by atoms with Crippen LogP contribution in [0.2, 0.25) is 0 Å². The van der Waals surface area contributed by atoms with Crippen LogP contribution in [-0.4, -0.2) is 22.2 Å². The molecule has 0 saturated heterocycles. The SMILES string of the molecule is CCC(N)Cc1cc(C)ccc1OCCn1ccnc1. The van der Waals surface area contributed by atoms with Crippen molar-refractivity contribution >= 4 is 0 Å². The number of nitrogens with two attached hydrogens (primary N) is 1. The van der Waals surface area contributed by atoms with Gasteiger partial charge in [0.05, 0.1) is 12.9 Å². The summed E-state index contributed by atoms with van der Waals surface area (Å²) in [6, 6.07) is 6.48. The van der Waals surface area contributed by atoms with E-state index in [4.69, 9.17) is 10.5 Å². The van der Waals surface area contributed by atoms with E-state index in [2.05, 4.69) is 31.0 Å². The van der Waals surface area contributed by atoms with Gasteiger partial charge in [0.1, 0.15) is 12.4 Å². The number of ether oxygens (including phenoxy) is 1. The molecule has 108 valence electrons. The molecule has 0 aliphatic rings. The summed E-state index contributed by atoms with van der Waals surface area (Å²) in [5.41, 5.74) is 8.50. The fourth-order valence-electron chi connectivity index (χ4n) is 2.12. The van der Waals surface area contributed by atoms with E-state index in [9.17, 15) is 0 Å². The molecule has 4 heteroatoms. The normalized spacial score (nSPS) is 12.3. The minimum atomic E-state index is 0.188. The largest absolute Gasteiger partial charge is 0.491 e. The number of aromatic nitrogens is 2. The summed E-state index contributed by atoms with van der Waals surface area (Å²) in [5.74, 6) is 0.944. The molecule has 0 bridgehead atoms. The molecule has 0 saturated carbocycles. The summed E-state index contributed by atoms with van der Waals surface area (Å²) in [4.78, 5) is 4.02. The number of hydrogen-bond acceptors (Lipinski definition) is 3. The lowest BCUT2D eigenvalue weighted by Gasteiger charge is -2.15. The summed E-state index contributed by atoms with van der Waals surface area (Å²) in [5, 5.41) is 0. The molecule has 4 nitrogen and oxygen atoms in total. The van der Waals surface area contributed by atoms with Crippen LogP contribution in [0, 0.1) is 6.92 Å². The number of imidazole rings is 1. The molecule has 0 aliphatic heterocycles. The van der Waals surface area contributed by atoms with Gasteiger partial charge in [0.25, 0.3) is 0 Å². The van der Waals surface area contributed by atoms with Gasteiger partial charge in [-0.05, 0) is 31.4 Å². The molecule has 2 rings (SSSR count). The Morgan fingerprint density at radius 1 is 1.40 bits per heavy atom. The first-order chi connectivity index (χ1) is 9.69. The Balaban J connectivity index is 1.98. The summed E-state index contributed by atoms with van der Waals surface area (Å²) < 4.78 is 7.91. The number of aryl methyl sites for hydroxylation is 1. The lowest BCUT2D eigenvalue weighted by Crippen LogP contribution is -2.22. The summed E-state index contributed by atoms with van der Waals surface area (Å²) in [7, 11) is 0. The third-order valence-electron chi connectivity index (χ3n) is 3.39. The third-order valence-corrected chi connectivity index (χ3v) is 3.39. The predicted molar refractivity (Wildman–Crippen MR) is 80.9 cm³/mol. The minimum Gasteiger partial charge on any atom is -0.491 e. The fourth-order valence-corrected chi connectivity index (χ4v) is 2.12. The van der Waals surface area contributed by atoms with Gasteiger partial charge in [0.2, 0.25) is 0 Å². The molecular weight excluding hydrogens is 250 g/mol. The fraction of sp³-hybridized carbons (Fsp3) is 0.438. The Kier molecular flexibility index (Phi) is 5.18. The van der Waals surface area contributed by atoms with E-state index in [1.54, 1.807) is 12.5 Å². The highest BCUT2D eigenvalue weighted by molar-refractivity contribution is 5.37. The molecule has 1 unspecified atom stereocenters. The average Bonchev–Trinajstić information content (AvgIpc) is 2.94. The van der Waals surface area contributed by atoms with Crippen LogP contribution in [0.5, 0.6) is 5.75 Å². The second kappa shape index (κ2) is 7.10. The van der Waals surface area contributed by atoms with E-state index in [0.29, 0.717) is 6.61 Å². The van der Waals surface area contributed by atoms with Crippen LogP contribution in [0.4, 0.5) is 0 Å². The van der Waals surface area contributed by atoms with Crippen LogP contribution < -0.4 is 10.5 Å². The van der Waals surface area contributed by atoms with Gasteiger partial charge in [-0.3, -0.25) is 0 Å². The summed E-state index contributed by atoms with van der Waals surface area (Å²) in [6.07, 6.45) is 7.34. The minimum absolute atomic E-state index is 0.188. The predicted octanol–water partition coefficient (Wildman–Crippen LogP) is 2.55. The first-order valence-electron chi connectivity index (χ1n) is 7.12. The van der Waals surface area contributed by atoms with Crippen LogP contribution in [0.25, 0.3) is 0 Å². The molecule has 0 spiro atoms. The van der Waals surface area contributed by atoms with Crippen molar-refractivity contribution in [2.45, 2.75) is 39.3 Å². The van der Waals surface area contributed by atoms with Crippen LogP contribution in [0.15, 0.2) is 36.9 Å². The van der Waals surface area contributed by atoms with E-state index in [1.165, 1.54) is 11.1 Å². The Morgan fingerprint density at radius 2 is 2.25 bits per heavy atom. The maximum atomic E-state index is 6.06. The van der Waals surface area contributed by atoms with E-state index in [1.807, 2.05) is 16.8 Å². The van der Waals surface area contributed by atoms with Crippen molar-refractivity contribution in [3.05, 3.63) is 48.0 Å². The molecular formula is C16H23N3O. The van der Waals surface area contributed by atoms with Gasteiger partial charge >= 0.3 is 0 Å². The van der Waals surface area contributed by atoms with Crippen molar-refractivity contribution in [2.75, 3.05) is 6.61 Å². The molecule has 1 aromatic heterocycles. The van der Waals surface area contributed by atoms with Crippen molar-refractivity contribution in [1.82, 2.24) is 9.55 Å². The lowest BCUT2D eigenvalue weighted by molar-refractivity contribution is 0.294. The van der Waals surface area contributed by atoms with E-state index in [0.717, 1.165) is 25.1 Å². The van der Waals surface area contributed by atoms with Crippen molar-refractivity contribution in [1.29, 1.82) is 0 Å². The summed E-state index contributed by atoms with van der Waals surface area (Å²) in [6.45, 7) is 5.64. The maximum absolute atomic E-state index is 6.06. The smallest absolute Gasteiger partial charge is 0.122 e. The number of rotatable bonds is 7. The second-order valence-corrected chi connectivity index (χ2v) is 5.13. The quantitative estimate of drug-likeness (QED) is 0.843. The zero-order valence-corrected chi connectivity index (χ0v) is 12.2. The number of benzene rings is 1. The van der Waals surface area contributed by atoms with Crippen LogP contribution in [0.3, 0.4) is 0 Å². The lowest BCUT2D eigenvalue weighted by atomic mass is 10.0. The van der Waals surface area contributed by atoms with Crippen LogP contribution in [0.1, 0.15) is 24.5 Å². The van der Waals surface area contributed by atoms with Gasteiger partial charge in [0.15, 0.2) is 0 Å². The number of hydrogen-bond donors (Lipinski definition) is 1. The van der Waals surface area contributed by atoms with Crippen LogP contribution >= 0.6 is 0 Å². The highest BCUT2D eigenvalue weighted by Crippen LogP contribution is 2.22. The van der Waals surface area contributed by atoms with Gasteiger partial charge in [-0.1, -0.05) is 24.6 Å². The highest BCUT2D eigenvalue weighted by Gasteiger charge is 2.08.